The second-order valence-corrected chi connectivity index (χ2v) is 5.55. The first-order valence-corrected chi connectivity index (χ1v) is 7.35. The summed E-state index contributed by atoms with van der Waals surface area (Å²) in [6.07, 6.45) is 1.60. The molecule has 0 saturated carbocycles. The van der Waals surface area contributed by atoms with Crippen molar-refractivity contribution in [1.82, 2.24) is 9.97 Å². The number of nitriles is 1. The molecule has 102 valence electrons. The van der Waals surface area contributed by atoms with Crippen molar-refractivity contribution in [1.29, 1.82) is 5.26 Å². The number of nitrogens with zero attached hydrogens (tertiary/aromatic N) is 4. The third-order valence-corrected chi connectivity index (χ3v) is 3.97. The molecule has 1 aliphatic heterocycles. The fourth-order valence-corrected chi connectivity index (χ4v) is 3.06. The molecule has 6 heteroatoms. The highest BCUT2D eigenvalue weighted by Gasteiger charge is 2.27. The lowest BCUT2D eigenvalue weighted by atomic mass is 10.1. The number of rotatable bonds is 2. The van der Waals surface area contributed by atoms with E-state index in [1.54, 1.807) is 17.4 Å². The first kappa shape index (κ1) is 13.0. The lowest BCUT2D eigenvalue weighted by Gasteiger charge is -2.37. The molecule has 2 aromatic rings. The Hall–Kier alpha value is -1.97. The fraction of sp³-hybridized carbons (Fsp3) is 0.357. The van der Waals surface area contributed by atoms with Gasteiger partial charge in [-0.3, -0.25) is 0 Å². The Balaban J connectivity index is 1.84. The average molecular weight is 286 g/mol. The maximum atomic E-state index is 8.93. The standard InChI is InChI=1S/C14H14N4OS/c1-10-6-18(14-4-12(5-15)16-9-17-14)7-13(19-10)11-2-3-20-8-11/h2-4,8-10,13H,6-7H2,1H3. The van der Waals surface area contributed by atoms with Gasteiger partial charge in [-0.05, 0) is 29.3 Å². The van der Waals surface area contributed by atoms with Gasteiger partial charge < -0.3 is 9.64 Å². The second kappa shape index (κ2) is 5.57. The van der Waals surface area contributed by atoms with Crippen molar-refractivity contribution < 1.29 is 4.74 Å². The minimum absolute atomic E-state index is 0.0468. The van der Waals surface area contributed by atoms with E-state index in [1.165, 1.54) is 11.9 Å². The summed E-state index contributed by atoms with van der Waals surface area (Å²) in [7, 11) is 0. The van der Waals surface area contributed by atoms with E-state index in [-0.39, 0.29) is 12.2 Å². The fourth-order valence-electron chi connectivity index (χ4n) is 2.36. The van der Waals surface area contributed by atoms with Crippen LogP contribution >= 0.6 is 11.3 Å². The molecule has 1 aliphatic rings. The third-order valence-electron chi connectivity index (χ3n) is 3.27. The zero-order chi connectivity index (χ0) is 13.9. The molecule has 0 amide bonds. The lowest BCUT2D eigenvalue weighted by molar-refractivity contribution is -0.0174. The molecule has 3 heterocycles. The minimum Gasteiger partial charge on any atom is -0.367 e. The van der Waals surface area contributed by atoms with E-state index in [2.05, 4.69) is 38.6 Å². The molecule has 0 spiro atoms. The Morgan fingerprint density at radius 1 is 1.45 bits per heavy atom. The molecule has 3 rings (SSSR count). The average Bonchev–Trinajstić information content (AvgIpc) is 3.01. The molecule has 2 aromatic heterocycles. The maximum Gasteiger partial charge on any atom is 0.145 e. The molecule has 2 atom stereocenters. The summed E-state index contributed by atoms with van der Waals surface area (Å²) < 4.78 is 6.00. The van der Waals surface area contributed by atoms with Gasteiger partial charge >= 0.3 is 0 Å². The lowest BCUT2D eigenvalue weighted by Crippen LogP contribution is -2.43. The number of thiophene rings is 1. The van der Waals surface area contributed by atoms with Crippen molar-refractivity contribution in [3.8, 4) is 6.07 Å². The van der Waals surface area contributed by atoms with Crippen LogP contribution in [-0.2, 0) is 4.74 Å². The zero-order valence-electron chi connectivity index (χ0n) is 11.1. The predicted molar refractivity (Wildman–Crippen MR) is 76.6 cm³/mol. The number of hydrogen-bond donors (Lipinski definition) is 0. The van der Waals surface area contributed by atoms with Gasteiger partial charge in [0.05, 0.1) is 6.10 Å². The van der Waals surface area contributed by atoms with Crippen molar-refractivity contribution in [2.75, 3.05) is 18.0 Å². The number of morpholine rings is 1. The van der Waals surface area contributed by atoms with Crippen LogP contribution < -0.4 is 4.90 Å². The monoisotopic (exact) mass is 286 g/mol. The minimum atomic E-state index is 0.0468. The van der Waals surface area contributed by atoms with Crippen LogP contribution in [-0.4, -0.2) is 29.2 Å². The smallest absolute Gasteiger partial charge is 0.145 e. The Labute approximate surface area is 121 Å². The van der Waals surface area contributed by atoms with Crippen LogP contribution in [0.25, 0.3) is 0 Å². The van der Waals surface area contributed by atoms with Crippen LogP contribution in [0.4, 0.5) is 5.82 Å². The van der Waals surface area contributed by atoms with Gasteiger partial charge in [-0.1, -0.05) is 0 Å². The first-order valence-electron chi connectivity index (χ1n) is 6.41. The van der Waals surface area contributed by atoms with Crippen LogP contribution in [0, 0.1) is 11.3 Å². The van der Waals surface area contributed by atoms with E-state index >= 15 is 0 Å². The number of hydrogen-bond acceptors (Lipinski definition) is 6. The molecule has 5 nitrogen and oxygen atoms in total. The maximum absolute atomic E-state index is 8.93. The highest BCUT2D eigenvalue weighted by molar-refractivity contribution is 7.07. The predicted octanol–water partition coefficient (Wildman–Crippen LogP) is 2.38. The summed E-state index contributed by atoms with van der Waals surface area (Å²) in [6.45, 7) is 3.56. The van der Waals surface area contributed by atoms with E-state index < -0.39 is 0 Å². The van der Waals surface area contributed by atoms with Crippen molar-refractivity contribution in [3.05, 3.63) is 40.5 Å². The van der Waals surface area contributed by atoms with E-state index in [9.17, 15) is 0 Å². The summed E-state index contributed by atoms with van der Waals surface area (Å²) in [5, 5.41) is 13.1. The second-order valence-electron chi connectivity index (χ2n) is 4.77. The van der Waals surface area contributed by atoms with Gasteiger partial charge in [-0.25, -0.2) is 9.97 Å². The highest BCUT2D eigenvalue weighted by Crippen LogP contribution is 2.28. The van der Waals surface area contributed by atoms with Gasteiger partial charge in [0.25, 0.3) is 0 Å². The van der Waals surface area contributed by atoms with Crippen molar-refractivity contribution in [3.63, 3.8) is 0 Å². The normalized spacial score (nSPS) is 22.5. The molecule has 1 fully saturated rings. The van der Waals surface area contributed by atoms with Gasteiger partial charge in [0.1, 0.15) is 30.0 Å². The van der Waals surface area contributed by atoms with Gasteiger partial charge in [-0.15, -0.1) is 0 Å². The highest BCUT2D eigenvalue weighted by atomic mass is 32.1. The topological polar surface area (TPSA) is 62.0 Å². The third kappa shape index (κ3) is 2.64. The number of ether oxygens (including phenoxy) is 1. The van der Waals surface area contributed by atoms with Crippen LogP contribution in [0.2, 0.25) is 0 Å². The van der Waals surface area contributed by atoms with Crippen LogP contribution in [0.15, 0.2) is 29.2 Å². The summed E-state index contributed by atoms with van der Waals surface area (Å²) >= 11 is 1.67. The quantitative estimate of drug-likeness (QED) is 0.848. The summed E-state index contributed by atoms with van der Waals surface area (Å²) in [6, 6.07) is 5.86. The summed E-state index contributed by atoms with van der Waals surface area (Å²) in [5.41, 5.74) is 1.59. The Kier molecular flexibility index (Phi) is 3.63. The SMILES string of the molecule is CC1CN(c2cc(C#N)ncn2)CC(c2ccsc2)O1. The summed E-state index contributed by atoms with van der Waals surface area (Å²) in [5.74, 6) is 0.784. The van der Waals surface area contributed by atoms with E-state index in [1.807, 2.05) is 6.07 Å². The zero-order valence-corrected chi connectivity index (χ0v) is 11.9. The Morgan fingerprint density at radius 3 is 3.10 bits per heavy atom. The number of aromatic nitrogens is 2. The Morgan fingerprint density at radius 2 is 2.35 bits per heavy atom. The van der Waals surface area contributed by atoms with E-state index in [4.69, 9.17) is 10.00 Å². The molecule has 0 radical (unpaired) electrons. The molecule has 0 aromatic carbocycles. The van der Waals surface area contributed by atoms with Crippen LogP contribution in [0.1, 0.15) is 24.3 Å². The van der Waals surface area contributed by atoms with Crippen molar-refractivity contribution >= 4 is 17.2 Å². The van der Waals surface area contributed by atoms with E-state index in [0.717, 1.165) is 18.9 Å². The van der Waals surface area contributed by atoms with Crippen LogP contribution in [0.3, 0.4) is 0 Å². The molecule has 2 unspecified atom stereocenters. The van der Waals surface area contributed by atoms with Gasteiger partial charge in [0.15, 0.2) is 0 Å². The molecule has 0 bridgehead atoms. The summed E-state index contributed by atoms with van der Waals surface area (Å²) in [4.78, 5) is 10.3. The van der Waals surface area contributed by atoms with Crippen molar-refractivity contribution in [2.45, 2.75) is 19.1 Å². The molecule has 1 saturated heterocycles. The van der Waals surface area contributed by atoms with Crippen LogP contribution in [0.5, 0.6) is 0 Å². The molecular formula is C14H14N4OS. The van der Waals surface area contributed by atoms with Gasteiger partial charge in [0.2, 0.25) is 0 Å². The number of anilines is 1. The molecule has 0 aliphatic carbocycles. The Bertz CT molecular complexity index is 622. The molecule has 0 N–H and O–H groups in total. The largest absolute Gasteiger partial charge is 0.367 e. The molecule has 20 heavy (non-hydrogen) atoms. The van der Waals surface area contributed by atoms with E-state index in [0.29, 0.717) is 5.69 Å². The molecular weight excluding hydrogens is 272 g/mol. The van der Waals surface area contributed by atoms with Gasteiger partial charge in [-0.2, -0.15) is 16.6 Å². The van der Waals surface area contributed by atoms with Gasteiger partial charge in [0, 0.05) is 19.2 Å². The first-order chi connectivity index (χ1) is 9.76. The van der Waals surface area contributed by atoms with Crippen molar-refractivity contribution in [2.24, 2.45) is 0 Å².